The number of pyridine rings is 1. The second-order valence-corrected chi connectivity index (χ2v) is 9.15. The first-order chi connectivity index (χ1) is 16.8. The third-order valence-electron chi connectivity index (χ3n) is 6.78. The molecule has 2 aromatic carbocycles. The van der Waals surface area contributed by atoms with E-state index in [9.17, 15) is 24.5 Å². The van der Waals surface area contributed by atoms with E-state index in [4.69, 9.17) is 0 Å². The SMILES string of the molecule is CC(=O)c1cccc(NC(=O)c2ccc(N3CC4CC(C3)c3cccc(=O)n3C4)c([N+](=O)[O-])c2)c1. The van der Waals surface area contributed by atoms with Crippen LogP contribution < -0.4 is 15.8 Å². The van der Waals surface area contributed by atoms with Gasteiger partial charge in [-0.2, -0.15) is 0 Å². The lowest BCUT2D eigenvalue weighted by Gasteiger charge is -2.43. The third-order valence-corrected chi connectivity index (χ3v) is 6.78. The minimum absolute atomic E-state index is 0.0131. The van der Waals surface area contributed by atoms with E-state index in [1.807, 2.05) is 15.5 Å². The van der Waals surface area contributed by atoms with Gasteiger partial charge in [-0.25, -0.2) is 0 Å². The standard InChI is InChI=1S/C26H24N4O5/c1-16(31)18-4-2-5-21(11-18)27-26(33)19-8-9-23(24(12-19)30(34)35)28-13-17-10-20(15-28)22-6-3-7-25(32)29(22)14-17/h2-9,11-12,17,20H,10,13-15H2,1H3,(H,27,33). The van der Waals surface area contributed by atoms with E-state index in [0.717, 1.165) is 12.1 Å². The van der Waals surface area contributed by atoms with Crippen molar-refractivity contribution in [1.82, 2.24) is 4.57 Å². The minimum atomic E-state index is -0.496. The minimum Gasteiger partial charge on any atom is -0.365 e. The number of nitro groups is 1. The number of fused-ring (bicyclic) bond motifs is 4. The highest BCUT2D eigenvalue weighted by atomic mass is 16.6. The number of piperidine rings is 1. The highest BCUT2D eigenvalue weighted by Gasteiger charge is 2.36. The maximum Gasteiger partial charge on any atom is 0.293 e. The number of nitrogens with zero attached hydrogens (tertiary/aromatic N) is 3. The number of carbonyl (C=O) groups is 2. The van der Waals surface area contributed by atoms with Gasteiger partial charge in [0.05, 0.1) is 4.92 Å². The van der Waals surface area contributed by atoms with Crippen molar-refractivity contribution < 1.29 is 14.5 Å². The van der Waals surface area contributed by atoms with Crippen molar-refractivity contribution in [2.24, 2.45) is 5.92 Å². The van der Waals surface area contributed by atoms with E-state index >= 15 is 0 Å². The second kappa shape index (κ2) is 8.83. The van der Waals surface area contributed by atoms with Crippen molar-refractivity contribution in [3.8, 4) is 0 Å². The van der Waals surface area contributed by atoms with Crippen LogP contribution in [0.1, 0.15) is 45.7 Å². The Hall–Kier alpha value is -4.27. The van der Waals surface area contributed by atoms with Crippen molar-refractivity contribution in [1.29, 1.82) is 0 Å². The zero-order valence-corrected chi connectivity index (χ0v) is 19.1. The van der Waals surface area contributed by atoms with Crippen LogP contribution in [0.5, 0.6) is 0 Å². The average Bonchev–Trinajstić information content (AvgIpc) is 2.84. The molecule has 178 valence electrons. The third kappa shape index (κ3) is 4.32. The first-order valence-corrected chi connectivity index (χ1v) is 11.5. The fourth-order valence-electron chi connectivity index (χ4n) is 5.19. The fraction of sp³-hybridized carbons (Fsp3) is 0.269. The van der Waals surface area contributed by atoms with Gasteiger partial charge in [0.25, 0.3) is 17.2 Å². The van der Waals surface area contributed by atoms with Crippen LogP contribution in [0.4, 0.5) is 17.1 Å². The number of aromatic nitrogens is 1. The van der Waals surface area contributed by atoms with Gasteiger partial charge in [0.1, 0.15) is 5.69 Å². The quantitative estimate of drug-likeness (QED) is 0.343. The fourth-order valence-corrected chi connectivity index (χ4v) is 5.19. The molecule has 1 N–H and O–H groups in total. The lowest BCUT2D eigenvalue weighted by molar-refractivity contribution is -0.384. The Balaban J connectivity index is 1.41. The summed E-state index contributed by atoms with van der Waals surface area (Å²) < 4.78 is 1.82. The number of anilines is 2. The molecule has 35 heavy (non-hydrogen) atoms. The summed E-state index contributed by atoms with van der Waals surface area (Å²) in [5.41, 5.74) is 2.33. The number of ketones is 1. The molecular formula is C26H24N4O5. The Kier molecular flexibility index (Phi) is 5.68. The molecule has 0 radical (unpaired) electrons. The lowest BCUT2D eigenvalue weighted by Crippen LogP contribution is -2.47. The number of rotatable bonds is 5. The van der Waals surface area contributed by atoms with E-state index in [0.29, 0.717) is 36.6 Å². The Morgan fingerprint density at radius 1 is 1.00 bits per heavy atom. The molecular weight excluding hydrogens is 448 g/mol. The average molecular weight is 473 g/mol. The molecule has 2 aliphatic heterocycles. The summed E-state index contributed by atoms with van der Waals surface area (Å²) in [6.45, 7) is 3.19. The smallest absolute Gasteiger partial charge is 0.293 e. The van der Waals surface area contributed by atoms with Gasteiger partial charge in [-0.3, -0.25) is 24.5 Å². The molecule has 3 heterocycles. The van der Waals surface area contributed by atoms with Crippen molar-refractivity contribution in [3.05, 3.63) is 98.0 Å². The monoisotopic (exact) mass is 472 g/mol. The number of carbonyl (C=O) groups excluding carboxylic acids is 2. The van der Waals surface area contributed by atoms with E-state index < -0.39 is 10.8 Å². The first kappa shape index (κ1) is 22.5. The highest BCUT2D eigenvalue weighted by molar-refractivity contribution is 6.06. The van der Waals surface area contributed by atoms with Crippen LogP contribution in [-0.4, -0.2) is 34.3 Å². The van der Waals surface area contributed by atoms with Gasteiger partial charge in [-0.1, -0.05) is 18.2 Å². The summed E-state index contributed by atoms with van der Waals surface area (Å²) >= 11 is 0. The van der Waals surface area contributed by atoms with Crippen LogP contribution in [0, 0.1) is 16.0 Å². The predicted molar refractivity (Wildman–Crippen MR) is 131 cm³/mol. The number of nitrogens with one attached hydrogen (secondary N) is 1. The van der Waals surface area contributed by atoms with E-state index in [1.165, 1.54) is 13.0 Å². The predicted octanol–water partition coefficient (Wildman–Crippen LogP) is 3.84. The molecule has 5 rings (SSSR count). The van der Waals surface area contributed by atoms with Crippen molar-refractivity contribution >= 4 is 28.8 Å². The largest absolute Gasteiger partial charge is 0.365 e. The maximum atomic E-state index is 12.8. The van der Waals surface area contributed by atoms with Gasteiger partial charge in [0.15, 0.2) is 5.78 Å². The normalized spacial score (nSPS) is 18.5. The van der Waals surface area contributed by atoms with Gasteiger partial charge in [0, 0.05) is 60.2 Å². The van der Waals surface area contributed by atoms with Gasteiger partial charge in [-0.05, 0) is 49.6 Å². The molecule has 1 fully saturated rings. The van der Waals surface area contributed by atoms with Crippen LogP contribution in [-0.2, 0) is 6.54 Å². The topological polar surface area (TPSA) is 115 Å². The number of Topliss-reactive ketones (excluding diaryl/α,β-unsaturated/α-hetero) is 1. The molecule has 0 aliphatic carbocycles. The van der Waals surface area contributed by atoms with Crippen LogP contribution in [0.3, 0.4) is 0 Å². The summed E-state index contributed by atoms with van der Waals surface area (Å²) in [6, 6.07) is 16.3. The summed E-state index contributed by atoms with van der Waals surface area (Å²) in [5, 5.41) is 14.7. The second-order valence-electron chi connectivity index (χ2n) is 9.15. The van der Waals surface area contributed by atoms with Gasteiger partial charge in [-0.15, -0.1) is 0 Å². The summed E-state index contributed by atoms with van der Waals surface area (Å²) in [6.07, 6.45) is 0.938. The molecule has 3 aromatic rings. The van der Waals surface area contributed by atoms with E-state index in [1.54, 1.807) is 48.5 Å². The molecule has 1 amide bonds. The summed E-state index contributed by atoms with van der Waals surface area (Å²) in [4.78, 5) is 50.2. The van der Waals surface area contributed by atoms with Crippen molar-refractivity contribution in [2.45, 2.75) is 25.8 Å². The molecule has 1 aromatic heterocycles. The van der Waals surface area contributed by atoms with Crippen LogP contribution in [0.2, 0.25) is 0 Å². The van der Waals surface area contributed by atoms with Gasteiger partial charge < -0.3 is 14.8 Å². The summed E-state index contributed by atoms with van der Waals surface area (Å²) in [5.74, 6) is -0.311. The van der Waals surface area contributed by atoms with Crippen molar-refractivity contribution in [3.63, 3.8) is 0 Å². The van der Waals surface area contributed by atoms with Crippen LogP contribution in [0.25, 0.3) is 0 Å². The molecule has 0 spiro atoms. The van der Waals surface area contributed by atoms with E-state index in [-0.39, 0.29) is 34.4 Å². The molecule has 9 heteroatoms. The molecule has 9 nitrogen and oxygen atoms in total. The maximum absolute atomic E-state index is 12.8. The van der Waals surface area contributed by atoms with Gasteiger partial charge in [0.2, 0.25) is 0 Å². The molecule has 2 bridgehead atoms. The Morgan fingerprint density at radius 3 is 2.57 bits per heavy atom. The Morgan fingerprint density at radius 2 is 1.80 bits per heavy atom. The zero-order chi connectivity index (χ0) is 24.7. The van der Waals surface area contributed by atoms with Crippen LogP contribution >= 0.6 is 0 Å². The molecule has 0 saturated carbocycles. The number of hydrogen-bond donors (Lipinski definition) is 1. The number of amides is 1. The number of nitro benzene ring substituents is 1. The molecule has 1 saturated heterocycles. The van der Waals surface area contributed by atoms with Crippen LogP contribution in [0.15, 0.2) is 65.5 Å². The number of hydrogen-bond acceptors (Lipinski definition) is 6. The molecule has 2 unspecified atom stereocenters. The lowest BCUT2D eigenvalue weighted by atomic mass is 9.83. The molecule has 2 aliphatic rings. The number of benzene rings is 2. The van der Waals surface area contributed by atoms with Gasteiger partial charge >= 0.3 is 0 Å². The van der Waals surface area contributed by atoms with Crippen molar-refractivity contribution in [2.75, 3.05) is 23.3 Å². The van der Waals surface area contributed by atoms with E-state index in [2.05, 4.69) is 5.32 Å². The Bertz CT molecular complexity index is 1410. The highest BCUT2D eigenvalue weighted by Crippen LogP contribution is 2.39. The summed E-state index contributed by atoms with van der Waals surface area (Å²) in [7, 11) is 0. The molecule has 2 atom stereocenters. The zero-order valence-electron chi connectivity index (χ0n) is 19.1. The first-order valence-electron chi connectivity index (χ1n) is 11.5. The Labute approximate surface area is 201 Å².